The summed E-state index contributed by atoms with van der Waals surface area (Å²) >= 11 is 5.93. The van der Waals surface area contributed by atoms with Gasteiger partial charge in [-0.15, -0.1) is 0 Å². The van der Waals surface area contributed by atoms with Crippen molar-refractivity contribution in [1.82, 2.24) is 19.3 Å². The summed E-state index contributed by atoms with van der Waals surface area (Å²) < 4.78 is 35.2. The van der Waals surface area contributed by atoms with Gasteiger partial charge in [-0.25, -0.2) is 23.1 Å². The lowest BCUT2D eigenvalue weighted by molar-refractivity contribution is 0.414. The summed E-state index contributed by atoms with van der Waals surface area (Å²) in [6.07, 6.45) is 1.69. The van der Waals surface area contributed by atoms with Gasteiger partial charge in [0.05, 0.1) is 25.1 Å². The van der Waals surface area contributed by atoms with Crippen molar-refractivity contribution in [3.63, 3.8) is 0 Å². The molecule has 0 bridgehead atoms. The maximum atomic E-state index is 12.7. The molecule has 154 valence electrons. The lowest BCUT2D eigenvalue weighted by atomic mass is 10.2. The topological polar surface area (TPSA) is 86.1 Å². The Balaban J connectivity index is 1.66. The van der Waals surface area contributed by atoms with E-state index in [1.165, 1.54) is 12.1 Å². The van der Waals surface area contributed by atoms with Crippen molar-refractivity contribution in [1.29, 1.82) is 0 Å². The molecular weight excluding hydrogens is 424 g/mol. The number of nitrogens with one attached hydrogen (secondary N) is 1. The summed E-state index contributed by atoms with van der Waals surface area (Å²) in [6, 6.07) is 17.4. The van der Waals surface area contributed by atoms with Gasteiger partial charge in [0.25, 0.3) is 0 Å². The second kappa shape index (κ2) is 8.43. The molecule has 30 heavy (non-hydrogen) atoms. The van der Waals surface area contributed by atoms with Crippen LogP contribution < -0.4 is 9.46 Å². The average molecular weight is 443 g/mol. The van der Waals surface area contributed by atoms with Gasteiger partial charge >= 0.3 is 0 Å². The van der Waals surface area contributed by atoms with Gasteiger partial charge in [0.2, 0.25) is 10.0 Å². The Kier molecular flexibility index (Phi) is 5.72. The second-order valence-corrected chi connectivity index (χ2v) is 8.80. The molecule has 4 aromatic rings. The Hall–Kier alpha value is -2.94. The average Bonchev–Trinajstić information content (AvgIpc) is 3.10. The van der Waals surface area contributed by atoms with Gasteiger partial charge in [0.15, 0.2) is 5.65 Å². The van der Waals surface area contributed by atoms with Gasteiger partial charge in [-0.2, -0.15) is 0 Å². The molecular formula is C21H19ClN4O3S. The zero-order valence-corrected chi connectivity index (χ0v) is 17.7. The van der Waals surface area contributed by atoms with Gasteiger partial charge < -0.3 is 9.30 Å². The normalized spacial score (nSPS) is 11.7. The molecule has 9 heteroatoms. The number of sulfonamides is 1. The third kappa shape index (κ3) is 4.30. The number of nitrogens with zero attached hydrogens (tertiary/aromatic N) is 3. The van der Waals surface area contributed by atoms with Gasteiger partial charge in [-0.3, -0.25) is 0 Å². The lowest BCUT2D eigenvalue weighted by Crippen LogP contribution is -2.25. The summed E-state index contributed by atoms with van der Waals surface area (Å²) in [6.45, 7) is 0.480. The minimum atomic E-state index is -3.75. The summed E-state index contributed by atoms with van der Waals surface area (Å²) in [5.74, 6) is 1.30. The van der Waals surface area contributed by atoms with Crippen molar-refractivity contribution < 1.29 is 13.2 Å². The molecule has 1 N–H and O–H groups in total. The predicted molar refractivity (Wildman–Crippen MR) is 115 cm³/mol. The van der Waals surface area contributed by atoms with Crippen LogP contribution in [0.15, 0.2) is 71.8 Å². The number of hydrogen-bond acceptors (Lipinski definition) is 5. The van der Waals surface area contributed by atoms with Crippen molar-refractivity contribution in [2.45, 2.75) is 18.0 Å². The number of rotatable bonds is 7. The molecule has 2 aromatic heterocycles. The molecule has 4 rings (SSSR count). The molecule has 0 spiro atoms. The van der Waals surface area contributed by atoms with Crippen molar-refractivity contribution in [2.24, 2.45) is 0 Å². The zero-order chi connectivity index (χ0) is 21.1. The fraction of sp³-hybridized carbons (Fsp3) is 0.143. The van der Waals surface area contributed by atoms with Crippen molar-refractivity contribution in [2.75, 3.05) is 7.11 Å². The molecule has 0 radical (unpaired) electrons. The van der Waals surface area contributed by atoms with Crippen LogP contribution in [0, 0.1) is 0 Å². The van der Waals surface area contributed by atoms with E-state index in [4.69, 9.17) is 16.3 Å². The second-order valence-electron chi connectivity index (χ2n) is 6.59. The van der Waals surface area contributed by atoms with E-state index in [0.717, 1.165) is 11.3 Å². The molecule has 7 nitrogen and oxygen atoms in total. The van der Waals surface area contributed by atoms with Gasteiger partial charge in [0, 0.05) is 11.2 Å². The number of halogens is 1. The van der Waals surface area contributed by atoms with E-state index >= 15 is 0 Å². The van der Waals surface area contributed by atoms with Crippen LogP contribution in [0.4, 0.5) is 0 Å². The summed E-state index contributed by atoms with van der Waals surface area (Å²) in [7, 11) is -2.13. The van der Waals surface area contributed by atoms with Crippen LogP contribution >= 0.6 is 11.6 Å². The van der Waals surface area contributed by atoms with E-state index in [1.807, 2.05) is 34.9 Å². The van der Waals surface area contributed by atoms with E-state index in [1.54, 1.807) is 31.5 Å². The highest BCUT2D eigenvalue weighted by Gasteiger charge is 2.18. The Morgan fingerprint density at radius 3 is 2.73 bits per heavy atom. The van der Waals surface area contributed by atoms with Crippen LogP contribution in [0.3, 0.4) is 0 Å². The van der Waals surface area contributed by atoms with E-state index in [0.29, 0.717) is 28.6 Å². The number of methoxy groups -OCH3 is 1. The number of ether oxygens (including phenoxy) is 1. The number of imidazole rings is 1. The lowest BCUT2D eigenvalue weighted by Gasteiger charge is -2.11. The molecule has 0 amide bonds. The number of fused-ring (bicyclic) bond motifs is 1. The predicted octanol–water partition coefficient (Wildman–Crippen LogP) is 3.62. The number of hydrogen-bond donors (Lipinski definition) is 1. The van der Waals surface area contributed by atoms with E-state index in [-0.39, 0.29) is 11.4 Å². The van der Waals surface area contributed by atoms with Crippen molar-refractivity contribution in [3.05, 3.63) is 83.3 Å². The highest BCUT2D eigenvalue weighted by atomic mass is 35.5. The molecule has 0 atom stereocenters. The summed E-state index contributed by atoms with van der Waals surface area (Å²) in [4.78, 5) is 9.11. The van der Waals surface area contributed by atoms with Crippen LogP contribution in [-0.4, -0.2) is 30.1 Å². The Labute approximate surface area is 179 Å². The van der Waals surface area contributed by atoms with Crippen molar-refractivity contribution in [3.8, 4) is 5.75 Å². The Morgan fingerprint density at radius 2 is 1.93 bits per heavy atom. The fourth-order valence-electron chi connectivity index (χ4n) is 3.14. The number of benzene rings is 2. The number of aromatic nitrogens is 3. The molecule has 0 aliphatic heterocycles. The largest absolute Gasteiger partial charge is 0.497 e. The molecule has 2 aromatic carbocycles. The molecule has 0 saturated heterocycles. The Morgan fingerprint density at radius 1 is 1.10 bits per heavy atom. The first-order chi connectivity index (χ1) is 14.5. The zero-order valence-electron chi connectivity index (χ0n) is 16.1. The molecule has 0 fully saturated rings. The fourth-order valence-corrected chi connectivity index (χ4v) is 4.42. The van der Waals surface area contributed by atoms with Gasteiger partial charge in [-0.1, -0.05) is 29.8 Å². The third-order valence-electron chi connectivity index (χ3n) is 4.58. The van der Waals surface area contributed by atoms with E-state index in [2.05, 4.69) is 14.7 Å². The van der Waals surface area contributed by atoms with Crippen molar-refractivity contribution >= 4 is 32.8 Å². The summed E-state index contributed by atoms with van der Waals surface area (Å²) in [5.41, 5.74) is 2.35. The first-order valence-corrected chi connectivity index (χ1v) is 11.0. The molecule has 0 aliphatic rings. The van der Waals surface area contributed by atoms with Crippen LogP contribution in [0.25, 0.3) is 11.2 Å². The quantitative estimate of drug-likeness (QED) is 0.472. The van der Waals surface area contributed by atoms with Crippen LogP contribution in [0.1, 0.15) is 11.4 Å². The highest BCUT2D eigenvalue weighted by Crippen LogP contribution is 2.20. The first kappa shape index (κ1) is 20.3. The van der Waals surface area contributed by atoms with Crippen LogP contribution in [-0.2, 0) is 23.1 Å². The minimum Gasteiger partial charge on any atom is -0.497 e. The maximum absolute atomic E-state index is 12.7. The van der Waals surface area contributed by atoms with Gasteiger partial charge in [0.1, 0.15) is 17.1 Å². The van der Waals surface area contributed by atoms with Crippen LogP contribution in [0.2, 0.25) is 5.02 Å². The minimum absolute atomic E-state index is 0.00910. The Bertz CT molecular complexity index is 1300. The number of pyridine rings is 1. The maximum Gasteiger partial charge on any atom is 0.241 e. The molecule has 0 saturated carbocycles. The standard InChI is InChI=1S/C21H19ClN4O3S/c1-29-17-7-2-5-15(11-17)14-26-20(25-19-9-4-10-23-21(19)26)13-24-30(27,28)18-8-3-6-16(22)12-18/h2-12,24H,13-14H2,1H3. The van der Waals surface area contributed by atoms with Crippen LogP contribution in [0.5, 0.6) is 5.75 Å². The molecule has 2 heterocycles. The van der Waals surface area contributed by atoms with E-state index < -0.39 is 10.0 Å². The summed E-state index contributed by atoms with van der Waals surface area (Å²) in [5, 5.41) is 0.354. The monoisotopic (exact) mass is 442 g/mol. The first-order valence-electron chi connectivity index (χ1n) is 9.14. The highest BCUT2D eigenvalue weighted by molar-refractivity contribution is 7.89. The molecule has 0 unspecified atom stereocenters. The van der Waals surface area contributed by atoms with E-state index in [9.17, 15) is 8.42 Å². The third-order valence-corrected chi connectivity index (χ3v) is 6.22. The smallest absolute Gasteiger partial charge is 0.241 e. The molecule has 0 aliphatic carbocycles. The van der Waals surface area contributed by atoms with Gasteiger partial charge in [-0.05, 0) is 48.0 Å². The SMILES string of the molecule is COc1cccc(Cn2c(CNS(=O)(=O)c3cccc(Cl)c3)nc3cccnc32)c1.